The Kier molecular flexibility index (Phi) is 7.43. The first kappa shape index (κ1) is 22.3. The van der Waals surface area contributed by atoms with E-state index < -0.39 is 0 Å². The van der Waals surface area contributed by atoms with Crippen LogP contribution in [0, 0.1) is 0 Å². The van der Waals surface area contributed by atoms with Crippen LogP contribution in [0.15, 0.2) is 91.0 Å². The molecule has 0 aliphatic heterocycles. The monoisotopic (exact) mass is 483 g/mol. The van der Waals surface area contributed by atoms with E-state index in [1.807, 2.05) is 84.9 Å². The van der Waals surface area contributed by atoms with E-state index in [0.717, 1.165) is 28.3 Å². The van der Waals surface area contributed by atoms with Gasteiger partial charge in [-0.05, 0) is 66.2 Å². The summed E-state index contributed by atoms with van der Waals surface area (Å²) < 4.78 is 11.9. The number of hydrogen-bond donors (Lipinski definition) is 1. The van der Waals surface area contributed by atoms with Crippen molar-refractivity contribution in [1.82, 2.24) is 0 Å². The number of para-hydroxylation sites is 1. The van der Waals surface area contributed by atoms with Crippen LogP contribution < -0.4 is 14.8 Å². The molecule has 0 unspecified atom stereocenters. The molecule has 0 aliphatic carbocycles. The van der Waals surface area contributed by atoms with Gasteiger partial charge in [-0.2, -0.15) is 0 Å². The summed E-state index contributed by atoms with van der Waals surface area (Å²) in [6.07, 6.45) is 0. The predicted octanol–water partition coefficient (Wildman–Crippen LogP) is 8.63. The van der Waals surface area contributed by atoms with Crippen molar-refractivity contribution in [3.05, 3.63) is 117 Å². The van der Waals surface area contributed by atoms with E-state index in [4.69, 9.17) is 44.3 Å². The number of rotatable bonds is 8. The van der Waals surface area contributed by atoms with Gasteiger partial charge < -0.3 is 14.8 Å². The molecule has 4 aromatic rings. The van der Waals surface area contributed by atoms with Crippen LogP contribution in [0.5, 0.6) is 17.2 Å². The molecular formula is C26H20Cl3NO2. The summed E-state index contributed by atoms with van der Waals surface area (Å²) in [7, 11) is 0. The molecule has 1 N–H and O–H groups in total. The first-order valence-electron chi connectivity index (χ1n) is 9.99. The van der Waals surface area contributed by atoms with Gasteiger partial charge in [0.2, 0.25) is 0 Å². The summed E-state index contributed by atoms with van der Waals surface area (Å²) in [6.45, 7) is 0.838. The lowest BCUT2D eigenvalue weighted by Crippen LogP contribution is -2.04. The Hall–Kier alpha value is -2.85. The van der Waals surface area contributed by atoms with Crippen LogP contribution in [0.1, 0.15) is 11.1 Å². The highest BCUT2D eigenvalue weighted by molar-refractivity contribution is 6.35. The first-order valence-corrected chi connectivity index (χ1v) is 11.1. The fourth-order valence-corrected chi connectivity index (χ4v) is 3.95. The molecular weight excluding hydrogens is 465 g/mol. The Labute approximate surface area is 202 Å². The van der Waals surface area contributed by atoms with Crippen LogP contribution in [-0.2, 0) is 13.2 Å². The van der Waals surface area contributed by atoms with Gasteiger partial charge in [-0.15, -0.1) is 0 Å². The zero-order valence-electron chi connectivity index (χ0n) is 17.0. The molecule has 0 aliphatic rings. The minimum Gasteiger partial charge on any atom is -0.487 e. The van der Waals surface area contributed by atoms with E-state index in [1.54, 1.807) is 6.07 Å². The van der Waals surface area contributed by atoms with Crippen LogP contribution in [0.3, 0.4) is 0 Å². The van der Waals surface area contributed by atoms with E-state index in [9.17, 15) is 0 Å². The number of anilines is 1. The molecule has 3 nitrogen and oxygen atoms in total. The molecule has 162 valence electrons. The topological polar surface area (TPSA) is 30.5 Å². The fraction of sp³-hybridized carbons (Fsp3) is 0.0769. The molecule has 0 amide bonds. The largest absolute Gasteiger partial charge is 0.487 e. The van der Waals surface area contributed by atoms with E-state index >= 15 is 0 Å². The van der Waals surface area contributed by atoms with Gasteiger partial charge in [0.15, 0.2) is 0 Å². The minimum atomic E-state index is 0.348. The average molecular weight is 485 g/mol. The molecule has 0 saturated heterocycles. The molecule has 0 saturated carbocycles. The maximum absolute atomic E-state index is 6.43. The fourth-order valence-electron chi connectivity index (χ4n) is 3.15. The van der Waals surface area contributed by atoms with Crippen molar-refractivity contribution >= 4 is 40.5 Å². The highest BCUT2D eigenvalue weighted by Gasteiger charge is 2.12. The van der Waals surface area contributed by atoms with Crippen molar-refractivity contribution < 1.29 is 9.47 Å². The van der Waals surface area contributed by atoms with Gasteiger partial charge in [-0.3, -0.25) is 0 Å². The number of benzene rings is 4. The molecule has 0 radical (unpaired) electrons. The van der Waals surface area contributed by atoms with Gasteiger partial charge in [0.05, 0.1) is 5.02 Å². The van der Waals surface area contributed by atoms with Gasteiger partial charge in [0.25, 0.3) is 0 Å². The van der Waals surface area contributed by atoms with Gasteiger partial charge >= 0.3 is 0 Å². The molecule has 0 spiro atoms. The summed E-state index contributed by atoms with van der Waals surface area (Å²) >= 11 is 18.7. The number of ether oxygens (including phenoxy) is 2. The summed E-state index contributed by atoms with van der Waals surface area (Å²) in [6, 6.07) is 28.5. The molecule has 6 heteroatoms. The number of halogens is 3. The molecule has 0 fully saturated rings. The van der Waals surface area contributed by atoms with Gasteiger partial charge in [-0.1, -0.05) is 65.1 Å². The Morgan fingerprint density at radius 1 is 0.688 bits per heavy atom. The lowest BCUT2D eigenvalue weighted by molar-refractivity contribution is 0.303. The van der Waals surface area contributed by atoms with E-state index in [0.29, 0.717) is 34.0 Å². The highest BCUT2D eigenvalue weighted by atomic mass is 35.5. The Balaban J connectivity index is 1.43. The van der Waals surface area contributed by atoms with Crippen molar-refractivity contribution in [2.75, 3.05) is 5.32 Å². The van der Waals surface area contributed by atoms with Crippen molar-refractivity contribution in [3.8, 4) is 17.2 Å². The summed E-state index contributed by atoms with van der Waals surface area (Å²) in [5, 5.41) is 5.05. The van der Waals surface area contributed by atoms with Gasteiger partial charge in [0, 0.05) is 27.8 Å². The standard InChI is InChI=1S/C26H20Cl3NO2/c27-20-6-4-5-18(13-20)17-31-26-19(14-21(28)15-25(26)29)16-30-22-9-11-24(12-10-22)32-23-7-2-1-3-8-23/h1-15,30H,16-17H2. The second-order valence-corrected chi connectivity index (χ2v) is 8.37. The SMILES string of the molecule is Clc1cccc(COc2c(Cl)cc(Cl)cc2CNc2ccc(Oc3ccccc3)cc2)c1. The van der Waals surface area contributed by atoms with Crippen LogP contribution in [0.2, 0.25) is 15.1 Å². The molecule has 32 heavy (non-hydrogen) atoms. The zero-order chi connectivity index (χ0) is 22.3. The summed E-state index contributed by atoms with van der Waals surface area (Å²) in [5.41, 5.74) is 2.74. The van der Waals surface area contributed by atoms with Crippen LogP contribution in [0.25, 0.3) is 0 Å². The van der Waals surface area contributed by atoms with Crippen molar-refractivity contribution in [1.29, 1.82) is 0 Å². The normalized spacial score (nSPS) is 10.6. The van der Waals surface area contributed by atoms with Gasteiger partial charge in [0.1, 0.15) is 23.9 Å². The van der Waals surface area contributed by atoms with Crippen molar-refractivity contribution in [2.24, 2.45) is 0 Å². The quantitative estimate of drug-likeness (QED) is 0.271. The molecule has 0 atom stereocenters. The van der Waals surface area contributed by atoms with Crippen LogP contribution in [0.4, 0.5) is 5.69 Å². The predicted molar refractivity (Wildman–Crippen MR) is 133 cm³/mol. The minimum absolute atomic E-state index is 0.348. The Morgan fingerprint density at radius 3 is 2.19 bits per heavy atom. The molecule has 0 aromatic heterocycles. The van der Waals surface area contributed by atoms with Crippen molar-refractivity contribution in [2.45, 2.75) is 13.2 Å². The summed E-state index contributed by atoms with van der Waals surface area (Å²) in [4.78, 5) is 0. The highest BCUT2D eigenvalue weighted by Crippen LogP contribution is 2.34. The maximum atomic E-state index is 6.43. The molecule has 0 heterocycles. The first-order chi connectivity index (χ1) is 15.6. The molecule has 4 rings (SSSR count). The second kappa shape index (κ2) is 10.6. The molecule has 4 aromatic carbocycles. The maximum Gasteiger partial charge on any atom is 0.143 e. The zero-order valence-corrected chi connectivity index (χ0v) is 19.3. The van der Waals surface area contributed by atoms with Crippen LogP contribution in [-0.4, -0.2) is 0 Å². The third-order valence-electron chi connectivity index (χ3n) is 4.67. The number of nitrogens with one attached hydrogen (secondary N) is 1. The third kappa shape index (κ3) is 6.10. The number of hydrogen-bond acceptors (Lipinski definition) is 3. The Bertz CT molecular complexity index is 1180. The smallest absolute Gasteiger partial charge is 0.143 e. The van der Waals surface area contributed by atoms with E-state index in [1.165, 1.54) is 0 Å². The Morgan fingerprint density at radius 2 is 1.44 bits per heavy atom. The lowest BCUT2D eigenvalue weighted by atomic mass is 10.2. The van der Waals surface area contributed by atoms with Crippen LogP contribution >= 0.6 is 34.8 Å². The van der Waals surface area contributed by atoms with E-state index in [2.05, 4.69) is 5.32 Å². The van der Waals surface area contributed by atoms with Gasteiger partial charge in [-0.25, -0.2) is 0 Å². The van der Waals surface area contributed by atoms with Crippen molar-refractivity contribution in [3.63, 3.8) is 0 Å². The van der Waals surface area contributed by atoms with E-state index in [-0.39, 0.29) is 0 Å². The second-order valence-electron chi connectivity index (χ2n) is 7.09. The average Bonchev–Trinajstić information content (AvgIpc) is 2.78. The third-order valence-corrected chi connectivity index (χ3v) is 5.41. The molecule has 0 bridgehead atoms. The summed E-state index contributed by atoms with van der Waals surface area (Å²) in [5.74, 6) is 2.15. The lowest BCUT2D eigenvalue weighted by Gasteiger charge is -2.15.